The molecule has 1 unspecified atom stereocenters. The van der Waals surface area contributed by atoms with E-state index >= 15 is 0 Å². The van der Waals surface area contributed by atoms with Gasteiger partial charge in [0.05, 0.1) is 12.4 Å². The first-order chi connectivity index (χ1) is 15.7. The number of halogens is 1. The van der Waals surface area contributed by atoms with Gasteiger partial charge in [0.15, 0.2) is 5.84 Å². The summed E-state index contributed by atoms with van der Waals surface area (Å²) >= 11 is 0. The zero-order chi connectivity index (χ0) is 22.3. The average molecular weight is 433 g/mol. The summed E-state index contributed by atoms with van der Waals surface area (Å²) in [5.74, 6) is 7.35. The fourth-order valence-corrected chi connectivity index (χ4v) is 3.92. The molecule has 0 saturated carbocycles. The average Bonchev–Trinajstić information content (AvgIpc) is 3.22. The number of amidine groups is 1. The van der Waals surface area contributed by atoms with E-state index < -0.39 is 0 Å². The minimum Gasteiger partial charge on any atom is -0.481 e. The number of hydrogen-bond donors (Lipinski definition) is 1. The third-order valence-electron chi connectivity index (χ3n) is 5.29. The molecule has 166 valence electrons. The van der Waals surface area contributed by atoms with E-state index in [1.54, 1.807) is 12.1 Å². The molecule has 32 heavy (non-hydrogen) atoms. The van der Waals surface area contributed by atoms with Crippen LogP contribution in [0.2, 0.25) is 0 Å². The van der Waals surface area contributed by atoms with Crippen LogP contribution < -0.4 is 10.1 Å². The molecular formula is C26H29FN4O. The predicted octanol–water partition coefficient (Wildman–Crippen LogP) is 4.49. The Balaban J connectivity index is 1.44. The molecule has 2 aromatic carbocycles. The Labute approximate surface area is 189 Å². The quantitative estimate of drug-likeness (QED) is 0.655. The molecule has 2 aromatic rings. The van der Waals surface area contributed by atoms with Crippen molar-refractivity contribution in [2.45, 2.75) is 32.9 Å². The maximum atomic E-state index is 13.2. The fraction of sp³-hybridized carbons (Fsp3) is 0.346. The van der Waals surface area contributed by atoms with Crippen LogP contribution in [-0.4, -0.2) is 42.0 Å². The lowest BCUT2D eigenvalue weighted by Gasteiger charge is -2.35. The van der Waals surface area contributed by atoms with Gasteiger partial charge in [-0.25, -0.2) is 9.38 Å². The highest BCUT2D eigenvalue weighted by molar-refractivity contribution is 6.00. The van der Waals surface area contributed by atoms with Gasteiger partial charge >= 0.3 is 0 Å². The second-order valence-electron chi connectivity index (χ2n) is 7.93. The molecule has 0 spiro atoms. The number of nitrogens with zero attached hydrogens (tertiary/aromatic N) is 3. The molecule has 4 rings (SSSR count). The van der Waals surface area contributed by atoms with E-state index in [-0.39, 0.29) is 18.6 Å². The largest absolute Gasteiger partial charge is 0.481 e. The van der Waals surface area contributed by atoms with Crippen molar-refractivity contribution in [1.29, 1.82) is 0 Å². The van der Waals surface area contributed by atoms with Crippen LogP contribution in [0.4, 0.5) is 4.39 Å². The van der Waals surface area contributed by atoms with Crippen molar-refractivity contribution in [3.05, 3.63) is 77.4 Å². The highest BCUT2D eigenvalue weighted by atomic mass is 19.1. The number of rotatable bonds is 7. The van der Waals surface area contributed by atoms with E-state index in [4.69, 9.17) is 9.73 Å². The number of ether oxygens (including phenoxy) is 1. The Hall–Kier alpha value is -3.46. The zero-order valence-corrected chi connectivity index (χ0v) is 18.6. The highest BCUT2D eigenvalue weighted by Gasteiger charge is 2.31. The monoisotopic (exact) mass is 432 g/mol. The van der Waals surface area contributed by atoms with E-state index in [9.17, 15) is 4.39 Å². The van der Waals surface area contributed by atoms with E-state index in [0.29, 0.717) is 5.56 Å². The second-order valence-corrected chi connectivity index (χ2v) is 7.93. The van der Waals surface area contributed by atoms with Gasteiger partial charge in [0.2, 0.25) is 0 Å². The maximum Gasteiger partial charge on any atom is 0.152 e. The lowest BCUT2D eigenvalue weighted by Crippen LogP contribution is -2.45. The van der Waals surface area contributed by atoms with Crippen LogP contribution in [0.15, 0.2) is 65.4 Å². The molecule has 5 nitrogen and oxygen atoms in total. The first-order valence-electron chi connectivity index (χ1n) is 11.2. The molecule has 2 aliphatic rings. The van der Waals surface area contributed by atoms with Crippen LogP contribution in [-0.2, 0) is 0 Å². The van der Waals surface area contributed by atoms with Crippen molar-refractivity contribution in [1.82, 2.24) is 15.1 Å². The van der Waals surface area contributed by atoms with Crippen LogP contribution in [0.5, 0.6) is 5.75 Å². The fourth-order valence-electron chi connectivity index (χ4n) is 3.92. The topological polar surface area (TPSA) is 40.1 Å². The Morgan fingerprint density at radius 1 is 1.12 bits per heavy atom. The summed E-state index contributed by atoms with van der Waals surface area (Å²) in [5, 5.41) is 3.56. The Bertz CT molecular complexity index is 1070. The molecule has 6 heteroatoms. The molecule has 0 radical (unpaired) electrons. The summed E-state index contributed by atoms with van der Waals surface area (Å²) in [6.45, 7) is 7.52. The summed E-state index contributed by atoms with van der Waals surface area (Å²) in [6.07, 6.45) is 4.24. The molecule has 1 atom stereocenters. The molecule has 0 amide bonds. The van der Waals surface area contributed by atoms with Gasteiger partial charge in [0, 0.05) is 30.4 Å². The lowest BCUT2D eigenvalue weighted by molar-refractivity contribution is 0.235. The lowest BCUT2D eigenvalue weighted by atomic mass is 10.1. The van der Waals surface area contributed by atoms with Gasteiger partial charge in [0.25, 0.3) is 0 Å². The molecule has 0 bridgehead atoms. The van der Waals surface area contributed by atoms with E-state index in [0.717, 1.165) is 55.4 Å². The number of benzene rings is 2. The number of aliphatic imine (C=N–C) groups is 1. The number of nitrogens with one attached hydrogen (secondary N) is 1. The molecule has 2 aliphatic heterocycles. The summed E-state index contributed by atoms with van der Waals surface area (Å²) in [6, 6.07) is 14.2. The summed E-state index contributed by atoms with van der Waals surface area (Å²) in [4.78, 5) is 9.67. The minimum atomic E-state index is -0.290. The third-order valence-corrected chi connectivity index (χ3v) is 5.29. The minimum absolute atomic E-state index is 0.140. The molecule has 0 fully saturated rings. The third kappa shape index (κ3) is 5.23. The van der Waals surface area contributed by atoms with Crippen molar-refractivity contribution in [2.24, 2.45) is 4.99 Å². The van der Waals surface area contributed by atoms with E-state index in [1.807, 2.05) is 18.2 Å². The molecule has 0 aromatic heterocycles. The first-order valence-corrected chi connectivity index (χ1v) is 11.2. The molecular weight excluding hydrogens is 403 g/mol. The number of fused-ring (bicyclic) bond motifs is 1. The van der Waals surface area contributed by atoms with E-state index in [1.165, 1.54) is 12.1 Å². The van der Waals surface area contributed by atoms with Crippen LogP contribution in [0.25, 0.3) is 0 Å². The van der Waals surface area contributed by atoms with Gasteiger partial charge in [-0.15, -0.1) is 0 Å². The summed E-state index contributed by atoms with van der Waals surface area (Å²) in [5.41, 5.74) is 2.76. The Morgan fingerprint density at radius 3 is 2.78 bits per heavy atom. The molecule has 0 saturated heterocycles. The van der Waals surface area contributed by atoms with Crippen LogP contribution >= 0.6 is 0 Å². The maximum absolute atomic E-state index is 13.2. The van der Waals surface area contributed by atoms with Gasteiger partial charge in [0.1, 0.15) is 24.3 Å². The van der Waals surface area contributed by atoms with Crippen LogP contribution in [0.1, 0.15) is 44.0 Å². The van der Waals surface area contributed by atoms with Crippen molar-refractivity contribution < 1.29 is 9.13 Å². The van der Waals surface area contributed by atoms with E-state index in [2.05, 4.69) is 53.1 Å². The predicted molar refractivity (Wildman–Crippen MR) is 125 cm³/mol. The van der Waals surface area contributed by atoms with Gasteiger partial charge in [-0.1, -0.05) is 43.9 Å². The SMILES string of the molecule is CCCN1C=C2NC(c3cccc(OCC#Cc4cccc(F)c4)c3)N=C2N(CCC)C1. The molecule has 0 aliphatic carbocycles. The number of hydrogen-bond acceptors (Lipinski definition) is 5. The van der Waals surface area contributed by atoms with Crippen molar-refractivity contribution in [2.75, 3.05) is 26.4 Å². The van der Waals surface area contributed by atoms with Crippen LogP contribution in [0, 0.1) is 17.7 Å². The van der Waals surface area contributed by atoms with Crippen molar-refractivity contribution >= 4 is 5.84 Å². The van der Waals surface area contributed by atoms with Gasteiger partial charge < -0.3 is 19.9 Å². The van der Waals surface area contributed by atoms with Crippen molar-refractivity contribution in [3.63, 3.8) is 0 Å². The second kappa shape index (κ2) is 10.2. The van der Waals surface area contributed by atoms with Crippen LogP contribution in [0.3, 0.4) is 0 Å². The summed E-state index contributed by atoms with van der Waals surface area (Å²) < 4.78 is 19.1. The highest BCUT2D eigenvalue weighted by Crippen LogP contribution is 2.29. The smallest absolute Gasteiger partial charge is 0.152 e. The van der Waals surface area contributed by atoms with Crippen molar-refractivity contribution in [3.8, 4) is 17.6 Å². The van der Waals surface area contributed by atoms with Gasteiger partial charge in [-0.3, -0.25) is 0 Å². The first kappa shape index (κ1) is 21.8. The normalized spacial score (nSPS) is 17.0. The molecule has 1 N–H and O–H groups in total. The molecule has 2 heterocycles. The van der Waals surface area contributed by atoms with Gasteiger partial charge in [-0.05, 0) is 43.2 Å². The Kier molecular flexibility index (Phi) is 6.96. The zero-order valence-electron chi connectivity index (χ0n) is 18.6. The summed E-state index contributed by atoms with van der Waals surface area (Å²) in [7, 11) is 0. The standard InChI is InChI=1S/C26H29FN4O/c1-3-13-30-18-24-26(31(19-30)14-4-2)29-25(28-24)21-10-6-12-23(17-21)32-15-7-9-20-8-5-11-22(27)16-20/h5-6,8,10-12,16-18,25,28H,3-4,13-15,19H2,1-2H3. The van der Waals surface area contributed by atoms with Gasteiger partial charge in [-0.2, -0.15) is 0 Å². The Morgan fingerprint density at radius 2 is 1.97 bits per heavy atom.